The summed E-state index contributed by atoms with van der Waals surface area (Å²) in [7, 11) is 0. The summed E-state index contributed by atoms with van der Waals surface area (Å²) in [5.74, 6) is -0.372. The molecular weight excluding hydrogens is 288 g/mol. The van der Waals surface area contributed by atoms with Crippen molar-refractivity contribution in [2.45, 2.75) is 27.7 Å². The summed E-state index contributed by atoms with van der Waals surface area (Å²) in [4.78, 5) is 25.8. The fraction of sp³-hybridized carbons (Fsp3) is 0.263. The lowest BCUT2D eigenvalue weighted by Crippen LogP contribution is -2.37. The minimum absolute atomic E-state index is 0.00677. The zero-order valence-corrected chi connectivity index (χ0v) is 14.0. The number of aryl methyl sites for hydroxylation is 3. The zero-order valence-electron chi connectivity index (χ0n) is 14.0. The first-order valence-corrected chi connectivity index (χ1v) is 7.58. The van der Waals surface area contributed by atoms with Crippen LogP contribution in [0.25, 0.3) is 0 Å². The molecule has 2 aromatic rings. The molecule has 0 saturated carbocycles. The molecule has 1 N–H and O–H groups in total. The predicted octanol–water partition coefficient (Wildman–Crippen LogP) is 3.60. The van der Waals surface area contributed by atoms with Gasteiger partial charge in [-0.3, -0.25) is 9.59 Å². The van der Waals surface area contributed by atoms with Crippen LogP contribution in [0.2, 0.25) is 0 Å². The third-order valence-electron chi connectivity index (χ3n) is 3.59. The molecule has 2 rings (SSSR count). The summed E-state index contributed by atoms with van der Waals surface area (Å²) in [6, 6.07) is 13.4. The van der Waals surface area contributed by atoms with Gasteiger partial charge in [0, 0.05) is 18.3 Å². The Kier molecular flexibility index (Phi) is 5.16. The fourth-order valence-corrected chi connectivity index (χ4v) is 2.62. The molecule has 0 bridgehead atoms. The minimum Gasteiger partial charge on any atom is -0.325 e. The number of amides is 2. The number of nitrogens with one attached hydrogen (secondary N) is 1. The molecule has 0 saturated heterocycles. The van der Waals surface area contributed by atoms with E-state index >= 15 is 0 Å². The maximum Gasteiger partial charge on any atom is 0.244 e. The van der Waals surface area contributed by atoms with Crippen molar-refractivity contribution in [2.75, 3.05) is 16.8 Å². The molecule has 0 spiro atoms. The Labute approximate surface area is 137 Å². The molecular formula is C19H22N2O2. The van der Waals surface area contributed by atoms with Crippen molar-refractivity contribution in [2.24, 2.45) is 0 Å². The second kappa shape index (κ2) is 7.09. The number of hydrogen-bond acceptors (Lipinski definition) is 2. The molecule has 0 aliphatic carbocycles. The van der Waals surface area contributed by atoms with Crippen molar-refractivity contribution in [1.29, 1.82) is 0 Å². The van der Waals surface area contributed by atoms with Crippen LogP contribution in [0, 0.1) is 20.8 Å². The Bertz CT molecular complexity index is 718. The third-order valence-corrected chi connectivity index (χ3v) is 3.59. The Morgan fingerprint density at radius 2 is 1.61 bits per heavy atom. The number of carbonyl (C=O) groups excluding carboxylic acids is 2. The van der Waals surface area contributed by atoms with Gasteiger partial charge in [0.2, 0.25) is 11.8 Å². The number of hydrogen-bond donors (Lipinski definition) is 1. The van der Waals surface area contributed by atoms with E-state index in [0.717, 1.165) is 28.1 Å². The molecule has 2 amide bonds. The molecule has 0 atom stereocenters. The second-order valence-corrected chi connectivity index (χ2v) is 5.82. The molecule has 0 radical (unpaired) electrons. The molecule has 0 fully saturated rings. The van der Waals surface area contributed by atoms with Gasteiger partial charge in [-0.2, -0.15) is 0 Å². The summed E-state index contributed by atoms with van der Waals surface area (Å²) in [5, 5.41) is 2.87. The predicted molar refractivity (Wildman–Crippen MR) is 93.8 cm³/mol. The molecule has 0 aromatic heterocycles. The van der Waals surface area contributed by atoms with Gasteiger partial charge in [-0.05, 0) is 55.7 Å². The number of rotatable bonds is 4. The van der Waals surface area contributed by atoms with Crippen molar-refractivity contribution >= 4 is 23.2 Å². The Morgan fingerprint density at radius 3 is 2.17 bits per heavy atom. The fourth-order valence-electron chi connectivity index (χ4n) is 2.62. The summed E-state index contributed by atoms with van der Waals surface area (Å²) >= 11 is 0. The van der Waals surface area contributed by atoms with Gasteiger partial charge >= 0.3 is 0 Å². The lowest BCUT2D eigenvalue weighted by atomic mass is 10.1. The smallest absolute Gasteiger partial charge is 0.244 e. The van der Waals surface area contributed by atoms with Crippen LogP contribution in [0.5, 0.6) is 0 Å². The highest BCUT2D eigenvalue weighted by atomic mass is 16.2. The minimum atomic E-state index is -0.214. The third kappa shape index (κ3) is 4.42. The molecule has 0 heterocycles. The van der Waals surface area contributed by atoms with Crippen LogP contribution < -0.4 is 10.2 Å². The van der Waals surface area contributed by atoms with Gasteiger partial charge in [0.05, 0.1) is 0 Å². The maximum absolute atomic E-state index is 12.3. The van der Waals surface area contributed by atoms with Crippen LogP contribution >= 0.6 is 0 Å². The monoisotopic (exact) mass is 310 g/mol. The van der Waals surface area contributed by atoms with Gasteiger partial charge in [0.15, 0.2) is 0 Å². The molecule has 0 aliphatic rings. The molecule has 23 heavy (non-hydrogen) atoms. The van der Waals surface area contributed by atoms with E-state index in [1.807, 2.05) is 63.2 Å². The summed E-state index contributed by atoms with van der Waals surface area (Å²) < 4.78 is 0. The highest BCUT2D eigenvalue weighted by Crippen LogP contribution is 2.20. The summed E-state index contributed by atoms with van der Waals surface area (Å²) in [6.07, 6.45) is 0. The van der Waals surface area contributed by atoms with E-state index < -0.39 is 0 Å². The van der Waals surface area contributed by atoms with E-state index in [0.29, 0.717) is 0 Å². The topological polar surface area (TPSA) is 49.4 Å². The SMILES string of the molecule is CC(=O)N(CC(=O)Nc1cc(C)cc(C)c1)c1ccccc1C. The van der Waals surface area contributed by atoms with Crippen molar-refractivity contribution in [3.63, 3.8) is 0 Å². The van der Waals surface area contributed by atoms with Crippen LogP contribution in [0.4, 0.5) is 11.4 Å². The van der Waals surface area contributed by atoms with Crippen molar-refractivity contribution < 1.29 is 9.59 Å². The van der Waals surface area contributed by atoms with Crippen LogP contribution in [0.1, 0.15) is 23.6 Å². The summed E-state index contributed by atoms with van der Waals surface area (Å²) in [6.45, 7) is 7.35. The maximum atomic E-state index is 12.3. The van der Waals surface area contributed by atoms with E-state index in [4.69, 9.17) is 0 Å². The first kappa shape index (κ1) is 16.7. The van der Waals surface area contributed by atoms with Crippen LogP contribution in [0.3, 0.4) is 0 Å². The van der Waals surface area contributed by atoms with E-state index in [2.05, 4.69) is 5.32 Å². The average molecular weight is 310 g/mol. The van der Waals surface area contributed by atoms with Gasteiger partial charge in [-0.15, -0.1) is 0 Å². The first-order valence-electron chi connectivity index (χ1n) is 7.58. The number of anilines is 2. The van der Waals surface area contributed by atoms with Gasteiger partial charge in [0.1, 0.15) is 6.54 Å². The largest absolute Gasteiger partial charge is 0.325 e. The normalized spacial score (nSPS) is 10.3. The molecule has 4 nitrogen and oxygen atoms in total. The number of para-hydroxylation sites is 1. The van der Waals surface area contributed by atoms with Crippen LogP contribution in [-0.4, -0.2) is 18.4 Å². The molecule has 0 unspecified atom stereocenters. The van der Waals surface area contributed by atoms with E-state index in [9.17, 15) is 9.59 Å². The Morgan fingerprint density at radius 1 is 1.00 bits per heavy atom. The highest BCUT2D eigenvalue weighted by molar-refractivity contribution is 6.02. The van der Waals surface area contributed by atoms with E-state index in [-0.39, 0.29) is 18.4 Å². The zero-order chi connectivity index (χ0) is 17.0. The Hall–Kier alpha value is -2.62. The lowest BCUT2D eigenvalue weighted by Gasteiger charge is -2.22. The van der Waals surface area contributed by atoms with Gasteiger partial charge in [-0.1, -0.05) is 24.3 Å². The number of carbonyl (C=O) groups is 2. The number of benzene rings is 2. The molecule has 120 valence electrons. The van der Waals surface area contributed by atoms with E-state index in [1.54, 1.807) is 0 Å². The van der Waals surface area contributed by atoms with Crippen molar-refractivity contribution in [3.8, 4) is 0 Å². The standard InChI is InChI=1S/C19H22N2O2/c1-13-9-14(2)11-17(10-13)20-19(23)12-21(16(4)22)18-8-6-5-7-15(18)3/h5-11H,12H2,1-4H3,(H,20,23). The highest BCUT2D eigenvalue weighted by Gasteiger charge is 2.17. The quantitative estimate of drug-likeness (QED) is 0.938. The van der Waals surface area contributed by atoms with Crippen LogP contribution in [0.15, 0.2) is 42.5 Å². The molecule has 2 aromatic carbocycles. The molecule has 4 heteroatoms. The Balaban J connectivity index is 2.16. The average Bonchev–Trinajstić information content (AvgIpc) is 2.44. The second-order valence-electron chi connectivity index (χ2n) is 5.82. The first-order chi connectivity index (χ1) is 10.9. The van der Waals surface area contributed by atoms with Crippen LogP contribution in [-0.2, 0) is 9.59 Å². The van der Waals surface area contributed by atoms with Gasteiger partial charge < -0.3 is 10.2 Å². The van der Waals surface area contributed by atoms with E-state index in [1.165, 1.54) is 11.8 Å². The van der Waals surface area contributed by atoms with Gasteiger partial charge in [-0.25, -0.2) is 0 Å². The van der Waals surface area contributed by atoms with Crippen molar-refractivity contribution in [1.82, 2.24) is 0 Å². The summed E-state index contributed by atoms with van der Waals surface area (Å²) in [5.41, 5.74) is 4.64. The van der Waals surface area contributed by atoms with Gasteiger partial charge in [0.25, 0.3) is 0 Å². The van der Waals surface area contributed by atoms with Crippen molar-refractivity contribution in [3.05, 3.63) is 59.2 Å². The lowest BCUT2D eigenvalue weighted by molar-refractivity contribution is -0.120. The number of nitrogens with zero attached hydrogens (tertiary/aromatic N) is 1. The molecule has 0 aliphatic heterocycles.